The molecule has 1 aromatic heterocycles. The zero-order valence-corrected chi connectivity index (χ0v) is 12.4. The minimum atomic E-state index is -0.283. The molecule has 20 heavy (non-hydrogen) atoms. The Balaban J connectivity index is 2.47. The zero-order chi connectivity index (χ0) is 15.0. The number of nitrogens with one attached hydrogen (secondary N) is 3. The lowest BCUT2D eigenvalue weighted by molar-refractivity contribution is -0.120. The standard InChI is InChI=1S/C13H19ClN4O2/c1-3-5-16-12(19)4-6-17-13(20)9-7-10(14)18-11(8-9)15-2/h7-8H,3-6H2,1-2H3,(H,15,18)(H,16,19)(H,17,20). The highest BCUT2D eigenvalue weighted by atomic mass is 35.5. The average Bonchev–Trinajstić information content (AvgIpc) is 2.44. The normalized spacial score (nSPS) is 9.95. The molecule has 0 aromatic carbocycles. The van der Waals surface area contributed by atoms with Gasteiger partial charge in [0.25, 0.3) is 5.91 Å². The summed E-state index contributed by atoms with van der Waals surface area (Å²) in [6.45, 7) is 2.91. The topological polar surface area (TPSA) is 83.1 Å². The molecular formula is C13H19ClN4O2. The largest absolute Gasteiger partial charge is 0.373 e. The second kappa shape index (κ2) is 8.37. The van der Waals surface area contributed by atoms with Crippen LogP contribution >= 0.6 is 11.6 Å². The van der Waals surface area contributed by atoms with Crippen molar-refractivity contribution >= 4 is 29.2 Å². The summed E-state index contributed by atoms with van der Waals surface area (Å²) in [5, 5.41) is 8.47. The molecule has 0 radical (unpaired) electrons. The lowest BCUT2D eigenvalue weighted by Gasteiger charge is -2.07. The maximum atomic E-state index is 11.9. The molecular weight excluding hydrogens is 280 g/mol. The summed E-state index contributed by atoms with van der Waals surface area (Å²) < 4.78 is 0. The predicted octanol–water partition coefficient (Wildman–Crippen LogP) is 1.42. The van der Waals surface area contributed by atoms with E-state index >= 15 is 0 Å². The van der Waals surface area contributed by atoms with Gasteiger partial charge < -0.3 is 16.0 Å². The Kier molecular flexibility index (Phi) is 6.79. The van der Waals surface area contributed by atoms with Crippen LogP contribution in [0.1, 0.15) is 30.1 Å². The fourth-order valence-corrected chi connectivity index (χ4v) is 1.71. The van der Waals surface area contributed by atoms with Crippen molar-refractivity contribution in [1.82, 2.24) is 15.6 Å². The first-order chi connectivity index (χ1) is 9.56. The molecule has 7 heteroatoms. The van der Waals surface area contributed by atoms with Crippen LogP contribution in [0.3, 0.4) is 0 Å². The molecule has 6 nitrogen and oxygen atoms in total. The zero-order valence-electron chi connectivity index (χ0n) is 11.6. The van der Waals surface area contributed by atoms with E-state index in [-0.39, 0.29) is 29.9 Å². The molecule has 0 atom stereocenters. The predicted molar refractivity (Wildman–Crippen MR) is 79.0 cm³/mol. The van der Waals surface area contributed by atoms with Crippen LogP contribution in [0.25, 0.3) is 0 Å². The molecule has 0 saturated carbocycles. The van der Waals surface area contributed by atoms with Gasteiger partial charge in [0.15, 0.2) is 0 Å². The number of amides is 2. The van der Waals surface area contributed by atoms with Gasteiger partial charge in [-0.2, -0.15) is 0 Å². The van der Waals surface area contributed by atoms with Crippen LogP contribution < -0.4 is 16.0 Å². The van der Waals surface area contributed by atoms with Crippen LogP contribution in [0, 0.1) is 0 Å². The molecule has 0 aliphatic rings. The minimum absolute atomic E-state index is 0.0733. The number of hydrogen-bond acceptors (Lipinski definition) is 4. The van der Waals surface area contributed by atoms with E-state index in [4.69, 9.17) is 11.6 Å². The van der Waals surface area contributed by atoms with Gasteiger partial charge in [-0.25, -0.2) is 4.98 Å². The van der Waals surface area contributed by atoms with Crippen molar-refractivity contribution in [3.8, 4) is 0 Å². The highest BCUT2D eigenvalue weighted by Gasteiger charge is 2.09. The number of hydrogen-bond donors (Lipinski definition) is 3. The van der Waals surface area contributed by atoms with Crippen molar-refractivity contribution in [2.45, 2.75) is 19.8 Å². The van der Waals surface area contributed by atoms with Crippen LogP contribution in [-0.4, -0.2) is 36.9 Å². The van der Waals surface area contributed by atoms with E-state index < -0.39 is 0 Å². The third kappa shape index (κ3) is 5.44. The molecule has 1 heterocycles. The molecule has 1 rings (SSSR count). The van der Waals surface area contributed by atoms with Crippen molar-refractivity contribution in [2.24, 2.45) is 0 Å². The third-order valence-electron chi connectivity index (χ3n) is 2.52. The van der Waals surface area contributed by atoms with Gasteiger partial charge in [-0.1, -0.05) is 18.5 Å². The van der Waals surface area contributed by atoms with Crippen LogP contribution in [-0.2, 0) is 4.79 Å². The molecule has 0 saturated heterocycles. The quantitative estimate of drug-likeness (QED) is 0.665. The Morgan fingerprint density at radius 2 is 2.00 bits per heavy atom. The van der Waals surface area contributed by atoms with Crippen LogP contribution in [0.2, 0.25) is 5.15 Å². The van der Waals surface area contributed by atoms with E-state index in [1.54, 1.807) is 13.1 Å². The highest BCUT2D eigenvalue weighted by Crippen LogP contribution is 2.13. The maximum Gasteiger partial charge on any atom is 0.251 e. The summed E-state index contributed by atoms with van der Waals surface area (Å²) in [4.78, 5) is 27.3. The number of pyridine rings is 1. The monoisotopic (exact) mass is 298 g/mol. The molecule has 0 aliphatic carbocycles. The summed E-state index contributed by atoms with van der Waals surface area (Å²) in [5.74, 6) is 0.160. The molecule has 0 unspecified atom stereocenters. The number of halogens is 1. The van der Waals surface area contributed by atoms with Gasteiger partial charge in [-0.15, -0.1) is 0 Å². The number of carbonyl (C=O) groups excluding carboxylic acids is 2. The molecule has 0 fully saturated rings. The van der Waals surface area contributed by atoms with E-state index in [1.807, 2.05) is 6.92 Å². The molecule has 0 aliphatic heterocycles. The van der Waals surface area contributed by atoms with E-state index in [9.17, 15) is 9.59 Å². The maximum absolute atomic E-state index is 11.9. The molecule has 3 N–H and O–H groups in total. The van der Waals surface area contributed by atoms with Gasteiger partial charge in [0.2, 0.25) is 5.91 Å². The van der Waals surface area contributed by atoms with Crippen molar-refractivity contribution in [1.29, 1.82) is 0 Å². The Labute approximate surface area is 123 Å². The van der Waals surface area contributed by atoms with E-state index in [0.717, 1.165) is 6.42 Å². The van der Waals surface area contributed by atoms with E-state index in [0.29, 0.717) is 17.9 Å². The molecule has 2 amide bonds. The van der Waals surface area contributed by atoms with Crippen molar-refractivity contribution in [2.75, 3.05) is 25.5 Å². The van der Waals surface area contributed by atoms with E-state index in [1.165, 1.54) is 6.07 Å². The van der Waals surface area contributed by atoms with Gasteiger partial charge >= 0.3 is 0 Å². The SMILES string of the molecule is CCCNC(=O)CCNC(=O)c1cc(Cl)nc(NC)c1. The number of nitrogens with zero attached hydrogens (tertiary/aromatic N) is 1. The summed E-state index contributed by atoms with van der Waals surface area (Å²) in [6.07, 6.45) is 1.14. The lowest BCUT2D eigenvalue weighted by atomic mass is 10.2. The van der Waals surface area contributed by atoms with Gasteiger partial charge in [0.1, 0.15) is 11.0 Å². The minimum Gasteiger partial charge on any atom is -0.373 e. The molecule has 1 aromatic rings. The second-order valence-corrected chi connectivity index (χ2v) is 4.56. The number of carbonyl (C=O) groups is 2. The number of aromatic nitrogens is 1. The van der Waals surface area contributed by atoms with E-state index in [2.05, 4.69) is 20.9 Å². The summed E-state index contributed by atoms with van der Waals surface area (Å²) in [6, 6.07) is 3.08. The van der Waals surface area contributed by atoms with Gasteiger partial charge in [-0.05, 0) is 18.6 Å². The summed E-state index contributed by atoms with van der Waals surface area (Å²) >= 11 is 5.82. The number of anilines is 1. The molecule has 0 bridgehead atoms. The fraction of sp³-hybridized carbons (Fsp3) is 0.462. The van der Waals surface area contributed by atoms with Gasteiger partial charge in [-0.3, -0.25) is 9.59 Å². The first-order valence-corrected chi connectivity index (χ1v) is 6.84. The molecule has 0 spiro atoms. The van der Waals surface area contributed by atoms with Crippen molar-refractivity contribution < 1.29 is 9.59 Å². The third-order valence-corrected chi connectivity index (χ3v) is 2.72. The Morgan fingerprint density at radius 3 is 2.65 bits per heavy atom. The van der Waals surface area contributed by atoms with Crippen LogP contribution in [0.5, 0.6) is 0 Å². The average molecular weight is 299 g/mol. The first kappa shape index (κ1) is 16.2. The second-order valence-electron chi connectivity index (χ2n) is 4.17. The van der Waals surface area contributed by atoms with Gasteiger partial charge in [0.05, 0.1) is 0 Å². The fourth-order valence-electron chi connectivity index (χ4n) is 1.50. The Morgan fingerprint density at radius 1 is 1.25 bits per heavy atom. The highest BCUT2D eigenvalue weighted by molar-refractivity contribution is 6.29. The Bertz CT molecular complexity index is 479. The summed E-state index contributed by atoms with van der Waals surface area (Å²) in [5.41, 5.74) is 0.406. The summed E-state index contributed by atoms with van der Waals surface area (Å²) in [7, 11) is 1.69. The van der Waals surface area contributed by atoms with Crippen LogP contribution in [0.15, 0.2) is 12.1 Å². The molecule has 110 valence electrons. The number of rotatable bonds is 7. The first-order valence-electron chi connectivity index (χ1n) is 6.47. The van der Waals surface area contributed by atoms with Crippen molar-refractivity contribution in [3.63, 3.8) is 0 Å². The van der Waals surface area contributed by atoms with Gasteiger partial charge in [0, 0.05) is 32.1 Å². The van der Waals surface area contributed by atoms with Crippen LogP contribution in [0.4, 0.5) is 5.82 Å². The Hall–Kier alpha value is -1.82. The lowest BCUT2D eigenvalue weighted by Crippen LogP contribution is -2.31. The smallest absolute Gasteiger partial charge is 0.251 e. The van der Waals surface area contributed by atoms with Crippen molar-refractivity contribution in [3.05, 3.63) is 22.8 Å².